The number of nitrogens with zero attached hydrogens (tertiary/aromatic N) is 2. The molecule has 0 spiro atoms. The summed E-state index contributed by atoms with van der Waals surface area (Å²) in [5.41, 5.74) is 1.25. The van der Waals surface area contributed by atoms with Crippen molar-refractivity contribution in [2.75, 3.05) is 0 Å². The molecule has 0 saturated carbocycles. The van der Waals surface area contributed by atoms with Gasteiger partial charge in [0.05, 0.1) is 16.8 Å². The molecule has 6 heteroatoms. The number of hydrogen-bond acceptors (Lipinski definition) is 4. The fourth-order valence-electron chi connectivity index (χ4n) is 1.33. The van der Waals surface area contributed by atoms with Crippen LogP contribution in [0.3, 0.4) is 0 Å². The quantitative estimate of drug-likeness (QED) is 0.946. The molecule has 2 aromatic rings. The molecule has 0 amide bonds. The van der Waals surface area contributed by atoms with Crippen molar-refractivity contribution in [2.24, 2.45) is 0 Å². The van der Waals surface area contributed by atoms with Gasteiger partial charge in [-0.3, -0.25) is 0 Å². The molecule has 0 aliphatic heterocycles. The summed E-state index contributed by atoms with van der Waals surface area (Å²) in [7, 11) is 0. The first-order chi connectivity index (χ1) is 8.60. The van der Waals surface area contributed by atoms with Gasteiger partial charge in [0.15, 0.2) is 0 Å². The third-order valence-electron chi connectivity index (χ3n) is 2.32. The van der Waals surface area contributed by atoms with Crippen LogP contribution in [0.2, 0.25) is 0 Å². The number of aliphatic hydroxyl groups is 1. The Bertz CT molecular complexity index is 578. The topological polar surface area (TPSA) is 55.2 Å². The summed E-state index contributed by atoms with van der Waals surface area (Å²) in [5.74, 6) is -0.108. The molecule has 0 saturated heterocycles. The second-order valence-electron chi connectivity index (χ2n) is 3.60. The molecular formula is C12H10BrFN2O2. The molecule has 1 aromatic heterocycles. The van der Waals surface area contributed by atoms with Gasteiger partial charge in [-0.15, -0.1) is 0 Å². The lowest BCUT2D eigenvalue weighted by atomic mass is 10.3. The maximum atomic E-state index is 13.1. The van der Waals surface area contributed by atoms with E-state index in [9.17, 15) is 4.39 Å². The first kappa shape index (κ1) is 12.9. The highest BCUT2D eigenvalue weighted by atomic mass is 79.9. The Hall–Kier alpha value is -1.53. The number of hydrogen-bond donors (Lipinski definition) is 1. The lowest BCUT2D eigenvalue weighted by Gasteiger charge is -2.07. The van der Waals surface area contributed by atoms with E-state index in [1.807, 2.05) is 0 Å². The van der Waals surface area contributed by atoms with Crippen LogP contribution in [0.15, 0.2) is 28.9 Å². The molecule has 1 aromatic carbocycles. The van der Waals surface area contributed by atoms with Gasteiger partial charge in [-0.2, -0.15) is 4.98 Å². The number of rotatable bonds is 3. The van der Waals surface area contributed by atoms with Crippen LogP contribution in [-0.2, 0) is 6.61 Å². The van der Waals surface area contributed by atoms with Crippen LogP contribution in [0.4, 0.5) is 4.39 Å². The molecule has 0 aliphatic rings. The molecule has 0 atom stereocenters. The monoisotopic (exact) mass is 312 g/mol. The number of halogens is 2. The molecule has 18 heavy (non-hydrogen) atoms. The molecule has 2 rings (SSSR count). The van der Waals surface area contributed by atoms with Crippen molar-refractivity contribution < 1.29 is 14.2 Å². The Balaban J connectivity index is 2.28. The smallest absolute Gasteiger partial charge is 0.322 e. The van der Waals surface area contributed by atoms with E-state index in [4.69, 9.17) is 9.84 Å². The molecule has 0 aliphatic carbocycles. The fraction of sp³-hybridized carbons (Fsp3) is 0.167. The van der Waals surface area contributed by atoms with E-state index in [1.54, 1.807) is 13.0 Å². The van der Waals surface area contributed by atoms with Crippen LogP contribution >= 0.6 is 15.9 Å². The average Bonchev–Trinajstić information content (AvgIpc) is 2.34. The summed E-state index contributed by atoms with van der Waals surface area (Å²) in [4.78, 5) is 8.01. The van der Waals surface area contributed by atoms with Crippen LogP contribution in [-0.4, -0.2) is 15.1 Å². The van der Waals surface area contributed by atoms with E-state index in [2.05, 4.69) is 25.9 Å². The zero-order valence-electron chi connectivity index (χ0n) is 9.52. The largest absolute Gasteiger partial charge is 0.423 e. The van der Waals surface area contributed by atoms with E-state index in [1.165, 1.54) is 18.3 Å². The second-order valence-corrected chi connectivity index (χ2v) is 4.45. The van der Waals surface area contributed by atoms with Crippen molar-refractivity contribution in [1.82, 2.24) is 9.97 Å². The van der Waals surface area contributed by atoms with Crippen molar-refractivity contribution in [2.45, 2.75) is 13.5 Å². The molecular weight excluding hydrogens is 303 g/mol. The van der Waals surface area contributed by atoms with Crippen molar-refractivity contribution in [1.29, 1.82) is 0 Å². The van der Waals surface area contributed by atoms with Crippen molar-refractivity contribution in [3.05, 3.63) is 45.9 Å². The zero-order chi connectivity index (χ0) is 13.1. The third-order valence-corrected chi connectivity index (χ3v) is 2.98. The molecule has 4 nitrogen and oxygen atoms in total. The highest BCUT2D eigenvalue weighted by Crippen LogP contribution is 2.28. The minimum absolute atomic E-state index is 0.107. The van der Waals surface area contributed by atoms with Crippen molar-refractivity contribution in [3.8, 4) is 11.8 Å². The molecule has 0 radical (unpaired) electrons. The molecule has 0 bridgehead atoms. The van der Waals surface area contributed by atoms with Crippen LogP contribution < -0.4 is 4.74 Å². The predicted molar refractivity (Wildman–Crippen MR) is 66.9 cm³/mol. The van der Waals surface area contributed by atoms with E-state index in [-0.39, 0.29) is 12.6 Å². The van der Waals surface area contributed by atoms with Gasteiger partial charge >= 0.3 is 6.01 Å². The van der Waals surface area contributed by atoms with Crippen molar-refractivity contribution >= 4 is 15.9 Å². The fourth-order valence-corrected chi connectivity index (χ4v) is 1.66. The Labute approximate surface area is 112 Å². The summed E-state index contributed by atoms with van der Waals surface area (Å²) in [6, 6.07) is 4.20. The SMILES string of the molecule is Cc1nc(Oc2cc(F)ccc2Br)ncc1CO. The standard InChI is InChI=1S/C12H10BrFN2O2/c1-7-8(6-17)5-15-12(16-7)18-11-4-9(14)2-3-10(11)13/h2-5,17H,6H2,1H3. The lowest BCUT2D eigenvalue weighted by Crippen LogP contribution is -1.99. The molecule has 94 valence electrons. The minimum Gasteiger partial charge on any atom is -0.423 e. The zero-order valence-corrected chi connectivity index (χ0v) is 11.1. The summed E-state index contributed by atoms with van der Waals surface area (Å²) in [6.45, 7) is 1.61. The maximum Gasteiger partial charge on any atom is 0.322 e. The van der Waals surface area contributed by atoms with Crippen LogP contribution in [0.5, 0.6) is 11.8 Å². The summed E-state index contributed by atoms with van der Waals surface area (Å²) >= 11 is 3.25. The molecule has 1 N–H and O–H groups in total. The number of benzene rings is 1. The molecule has 0 fully saturated rings. The minimum atomic E-state index is -0.406. The predicted octanol–water partition coefficient (Wildman–Crippen LogP) is 2.97. The molecule has 1 heterocycles. The lowest BCUT2D eigenvalue weighted by molar-refractivity contribution is 0.279. The van der Waals surface area contributed by atoms with Crippen LogP contribution in [0, 0.1) is 12.7 Å². The first-order valence-corrected chi connectivity index (χ1v) is 5.95. The van der Waals surface area contributed by atoms with Gasteiger partial charge in [-0.1, -0.05) is 0 Å². The highest BCUT2D eigenvalue weighted by Gasteiger charge is 2.08. The highest BCUT2D eigenvalue weighted by molar-refractivity contribution is 9.10. The maximum absolute atomic E-state index is 13.1. The van der Waals surface area contributed by atoms with E-state index in [0.29, 0.717) is 21.5 Å². The van der Waals surface area contributed by atoms with E-state index in [0.717, 1.165) is 0 Å². The number of aromatic nitrogens is 2. The van der Waals surface area contributed by atoms with Crippen LogP contribution in [0.25, 0.3) is 0 Å². The average molecular weight is 313 g/mol. The van der Waals surface area contributed by atoms with Gasteiger partial charge in [0.25, 0.3) is 0 Å². The molecule has 0 unspecified atom stereocenters. The Kier molecular flexibility index (Phi) is 3.88. The summed E-state index contributed by atoms with van der Waals surface area (Å²) in [5, 5.41) is 9.00. The first-order valence-electron chi connectivity index (χ1n) is 5.16. The normalized spacial score (nSPS) is 10.4. The van der Waals surface area contributed by atoms with Gasteiger partial charge in [0, 0.05) is 17.8 Å². The third kappa shape index (κ3) is 2.83. The Morgan fingerprint density at radius 2 is 2.22 bits per heavy atom. The van der Waals surface area contributed by atoms with Gasteiger partial charge in [-0.05, 0) is 35.0 Å². The van der Waals surface area contributed by atoms with E-state index >= 15 is 0 Å². The van der Waals surface area contributed by atoms with E-state index < -0.39 is 5.82 Å². The number of ether oxygens (including phenoxy) is 1. The summed E-state index contributed by atoms with van der Waals surface area (Å²) < 4.78 is 19.1. The van der Waals surface area contributed by atoms with Gasteiger partial charge < -0.3 is 9.84 Å². The van der Waals surface area contributed by atoms with Crippen LogP contribution in [0.1, 0.15) is 11.3 Å². The van der Waals surface area contributed by atoms with Gasteiger partial charge in [-0.25, -0.2) is 9.37 Å². The Morgan fingerprint density at radius 1 is 1.44 bits per heavy atom. The van der Waals surface area contributed by atoms with Crippen molar-refractivity contribution in [3.63, 3.8) is 0 Å². The second kappa shape index (κ2) is 5.41. The number of aryl methyl sites for hydroxylation is 1. The Morgan fingerprint density at radius 3 is 2.89 bits per heavy atom. The van der Waals surface area contributed by atoms with Gasteiger partial charge in [0.2, 0.25) is 0 Å². The van der Waals surface area contributed by atoms with Gasteiger partial charge in [0.1, 0.15) is 11.6 Å². The summed E-state index contributed by atoms with van der Waals surface area (Å²) in [6.07, 6.45) is 1.48. The number of aliphatic hydroxyl groups excluding tert-OH is 1.